The SMILES string of the molecule is CC(C)[C@H]1C(=O)O[C@H]2CCN3CC=C(COC(=O)[C@@](C)(O)[C@@]1(C)O)[C@@H]23. The first-order valence-corrected chi connectivity index (χ1v) is 8.82. The predicted octanol–water partition coefficient (Wildman–Crippen LogP) is 0.244. The fraction of sp³-hybridized carbons (Fsp3) is 0.778. The van der Waals surface area contributed by atoms with Gasteiger partial charge in [0.1, 0.15) is 18.3 Å². The minimum absolute atomic E-state index is 0.0205. The molecule has 140 valence electrons. The molecule has 25 heavy (non-hydrogen) atoms. The van der Waals surface area contributed by atoms with E-state index in [1.165, 1.54) is 13.8 Å². The molecule has 0 saturated carbocycles. The van der Waals surface area contributed by atoms with Crippen LogP contribution in [0.4, 0.5) is 0 Å². The van der Waals surface area contributed by atoms with Gasteiger partial charge < -0.3 is 19.7 Å². The van der Waals surface area contributed by atoms with Crippen LogP contribution in [0.25, 0.3) is 0 Å². The maximum atomic E-state index is 12.9. The van der Waals surface area contributed by atoms with Crippen LogP contribution >= 0.6 is 0 Å². The summed E-state index contributed by atoms with van der Waals surface area (Å²) in [6, 6.07) is -0.0995. The van der Waals surface area contributed by atoms with Crippen LogP contribution in [0.2, 0.25) is 0 Å². The molecule has 2 fully saturated rings. The minimum Gasteiger partial charge on any atom is -0.460 e. The molecular formula is C18H27NO6. The van der Waals surface area contributed by atoms with Gasteiger partial charge in [0, 0.05) is 13.1 Å². The molecule has 0 bridgehead atoms. The number of carbonyl (C=O) groups excluding carboxylic acids is 2. The second kappa shape index (κ2) is 6.07. The van der Waals surface area contributed by atoms with Crippen LogP contribution in [0.3, 0.4) is 0 Å². The van der Waals surface area contributed by atoms with Gasteiger partial charge in [-0.1, -0.05) is 19.9 Å². The lowest BCUT2D eigenvalue weighted by Crippen LogP contribution is -2.63. The molecule has 3 heterocycles. The summed E-state index contributed by atoms with van der Waals surface area (Å²) < 4.78 is 11.1. The Kier molecular flexibility index (Phi) is 4.46. The highest BCUT2D eigenvalue weighted by molar-refractivity contribution is 5.84. The molecular weight excluding hydrogens is 326 g/mol. The number of esters is 2. The fourth-order valence-electron chi connectivity index (χ4n) is 4.30. The van der Waals surface area contributed by atoms with E-state index in [0.717, 1.165) is 18.7 Å². The molecule has 0 aromatic carbocycles. The molecule has 3 aliphatic rings. The zero-order chi connectivity index (χ0) is 18.6. The van der Waals surface area contributed by atoms with Crippen LogP contribution in [0, 0.1) is 11.8 Å². The summed E-state index contributed by atoms with van der Waals surface area (Å²) in [6.07, 6.45) is 2.34. The molecule has 7 heteroatoms. The van der Waals surface area contributed by atoms with E-state index in [2.05, 4.69) is 4.90 Å². The zero-order valence-electron chi connectivity index (χ0n) is 15.2. The molecule has 0 radical (unpaired) electrons. The number of ether oxygens (including phenoxy) is 2. The third kappa shape index (κ3) is 2.78. The Bertz CT molecular complexity index is 609. The van der Waals surface area contributed by atoms with E-state index in [-0.39, 0.29) is 24.7 Å². The summed E-state index contributed by atoms with van der Waals surface area (Å²) in [4.78, 5) is 27.6. The van der Waals surface area contributed by atoms with E-state index in [0.29, 0.717) is 6.42 Å². The molecule has 7 nitrogen and oxygen atoms in total. The predicted molar refractivity (Wildman–Crippen MR) is 88.5 cm³/mol. The first-order valence-electron chi connectivity index (χ1n) is 8.82. The minimum atomic E-state index is -2.24. The van der Waals surface area contributed by atoms with E-state index >= 15 is 0 Å². The van der Waals surface area contributed by atoms with E-state index in [4.69, 9.17) is 9.47 Å². The van der Waals surface area contributed by atoms with Crippen molar-refractivity contribution in [2.24, 2.45) is 11.8 Å². The Labute approximate surface area is 147 Å². The average molecular weight is 353 g/mol. The molecule has 0 aromatic rings. The Morgan fingerprint density at radius 2 is 1.96 bits per heavy atom. The van der Waals surface area contributed by atoms with Gasteiger partial charge in [-0.25, -0.2) is 4.79 Å². The van der Waals surface area contributed by atoms with E-state index in [1.807, 2.05) is 6.08 Å². The highest BCUT2D eigenvalue weighted by Gasteiger charge is 2.58. The number of carbonyl (C=O) groups is 2. The van der Waals surface area contributed by atoms with Gasteiger partial charge in [-0.3, -0.25) is 9.69 Å². The third-order valence-corrected chi connectivity index (χ3v) is 5.96. The highest BCUT2D eigenvalue weighted by Crippen LogP contribution is 2.39. The summed E-state index contributed by atoms with van der Waals surface area (Å²) >= 11 is 0. The molecule has 3 rings (SSSR count). The van der Waals surface area contributed by atoms with Gasteiger partial charge in [-0.05, 0) is 31.8 Å². The van der Waals surface area contributed by atoms with Crippen LogP contribution < -0.4 is 0 Å². The zero-order valence-corrected chi connectivity index (χ0v) is 15.2. The Morgan fingerprint density at radius 1 is 1.28 bits per heavy atom. The van der Waals surface area contributed by atoms with Crippen LogP contribution in [-0.4, -0.2) is 70.1 Å². The number of aliphatic hydroxyl groups is 2. The molecule has 2 saturated heterocycles. The topological polar surface area (TPSA) is 96.3 Å². The summed E-state index contributed by atoms with van der Waals surface area (Å²) in [7, 11) is 0. The lowest BCUT2D eigenvalue weighted by atomic mass is 9.71. The fourth-order valence-corrected chi connectivity index (χ4v) is 4.30. The van der Waals surface area contributed by atoms with Gasteiger partial charge in [-0.15, -0.1) is 0 Å². The van der Waals surface area contributed by atoms with Crippen LogP contribution in [0.5, 0.6) is 0 Å². The van der Waals surface area contributed by atoms with Gasteiger partial charge in [0.2, 0.25) is 0 Å². The monoisotopic (exact) mass is 353 g/mol. The van der Waals surface area contributed by atoms with Crippen molar-refractivity contribution in [1.82, 2.24) is 4.90 Å². The summed E-state index contributed by atoms with van der Waals surface area (Å²) in [6.45, 7) is 7.54. The molecule has 0 aliphatic carbocycles. The summed E-state index contributed by atoms with van der Waals surface area (Å²) in [5.41, 5.74) is -3.39. The van der Waals surface area contributed by atoms with Gasteiger partial charge in [-0.2, -0.15) is 0 Å². The lowest BCUT2D eigenvalue weighted by molar-refractivity contribution is -0.210. The van der Waals surface area contributed by atoms with Crippen molar-refractivity contribution in [3.05, 3.63) is 11.6 Å². The van der Waals surface area contributed by atoms with Crippen molar-refractivity contribution in [2.75, 3.05) is 19.7 Å². The average Bonchev–Trinajstić information content (AvgIpc) is 3.06. The van der Waals surface area contributed by atoms with Gasteiger partial charge >= 0.3 is 11.9 Å². The molecule has 3 aliphatic heterocycles. The van der Waals surface area contributed by atoms with Crippen molar-refractivity contribution in [2.45, 2.75) is 57.5 Å². The number of nitrogens with zero attached hydrogens (tertiary/aromatic N) is 1. The van der Waals surface area contributed by atoms with Crippen LogP contribution in [-0.2, 0) is 19.1 Å². The maximum Gasteiger partial charge on any atom is 0.341 e. The van der Waals surface area contributed by atoms with Gasteiger partial charge in [0.05, 0.1) is 12.0 Å². The van der Waals surface area contributed by atoms with Gasteiger partial charge in [0.25, 0.3) is 0 Å². The van der Waals surface area contributed by atoms with Crippen LogP contribution in [0.1, 0.15) is 34.1 Å². The van der Waals surface area contributed by atoms with Crippen molar-refractivity contribution in [3.63, 3.8) is 0 Å². The molecule has 5 atom stereocenters. The quantitative estimate of drug-likeness (QED) is 0.515. The Balaban J connectivity index is 2.02. The Morgan fingerprint density at radius 3 is 2.60 bits per heavy atom. The number of cyclic esters (lactones) is 1. The Hall–Kier alpha value is -1.44. The van der Waals surface area contributed by atoms with E-state index in [1.54, 1.807) is 13.8 Å². The third-order valence-electron chi connectivity index (χ3n) is 5.96. The maximum absolute atomic E-state index is 12.9. The largest absolute Gasteiger partial charge is 0.460 e. The molecule has 2 N–H and O–H groups in total. The number of rotatable bonds is 1. The van der Waals surface area contributed by atoms with E-state index < -0.39 is 29.1 Å². The normalized spacial score (nSPS) is 42.5. The van der Waals surface area contributed by atoms with Crippen LogP contribution in [0.15, 0.2) is 11.6 Å². The molecule has 0 unspecified atom stereocenters. The van der Waals surface area contributed by atoms with E-state index in [9.17, 15) is 19.8 Å². The summed E-state index contributed by atoms with van der Waals surface area (Å²) in [5, 5.41) is 21.7. The van der Waals surface area contributed by atoms with Crippen molar-refractivity contribution in [1.29, 1.82) is 0 Å². The standard InChI is InChI=1S/C18H27NO6/c1-10(2)13-15(20)25-12-6-8-19-7-5-11(14(12)19)9-24-16(21)18(4,23)17(13,3)22/h5,10,12-14,22-23H,6-9H2,1-4H3/t12-,13-,14-,17-,18+/m0/s1. The van der Waals surface area contributed by atoms with Crippen molar-refractivity contribution < 1.29 is 29.3 Å². The second-order valence-electron chi connectivity index (χ2n) is 8.00. The highest BCUT2D eigenvalue weighted by atomic mass is 16.6. The molecule has 0 spiro atoms. The molecule has 0 aromatic heterocycles. The first-order chi connectivity index (χ1) is 11.6. The summed E-state index contributed by atoms with van der Waals surface area (Å²) in [5.74, 6) is -2.92. The second-order valence-corrected chi connectivity index (χ2v) is 8.00. The van der Waals surface area contributed by atoms with Crippen molar-refractivity contribution in [3.8, 4) is 0 Å². The first kappa shape index (κ1) is 18.4. The van der Waals surface area contributed by atoms with Gasteiger partial charge in [0.15, 0.2) is 5.60 Å². The number of hydrogen-bond donors (Lipinski definition) is 2. The van der Waals surface area contributed by atoms with Crippen molar-refractivity contribution >= 4 is 11.9 Å². The number of hydrogen-bond acceptors (Lipinski definition) is 7. The molecule has 0 amide bonds. The smallest absolute Gasteiger partial charge is 0.341 e. The lowest BCUT2D eigenvalue weighted by Gasteiger charge is -2.42.